The Bertz CT molecular complexity index is 591. The molecule has 0 radical (unpaired) electrons. The van der Waals surface area contributed by atoms with Crippen LogP contribution >= 0.6 is 0 Å². The second kappa shape index (κ2) is 5.25. The number of anilines is 1. The maximum atomic E-state index is 12.1. The van der Waals surface area contributed by atoms with Crippen LogP contribution in [0.25, 0.3) is 0 Å². The number of urea groups is 1. The van der Waals surface area contributed by atoms with Gasteiger partial charge < -0.3 is 15.3 Å². The lowest BCUT2D eigenvalue weighted by atomic mass is 9.90. The van der Waals surface area contributed by atoms with Gasteiger partial charge in [-0.3, -0.25) is 4.79 Å². The van der Waals surface area contributed by atoms with E-state index in [0.717, 1.165) is 0 Å². The standard InChI is InChI=1S/C15H16N2O3/c1-3-11-5-4-6-12(9-11)16-14(20)17-8-7-15(2,10-17)13(18)19/h1,4-6,9H,7-8,10H2,2H3,(H,16,20)(H,18,19). The zero-order valence-corrected chi connectivity index (χ0v) is 11.2. The van der Waals surface area contributed by atoms with Crippen LogP contribution < -0.4 is 5.32 Å². The van der Waals surface area contributed by atoms with Crippen LogP contribution in [-0.2, 0) is 4.79 Å². The largest absolute Gasteiger partial charge is 0.481 e. The van der Waals surface area contributed by atoms with Crippen LogP contribution in [0.3, 0.4) is 0 Å². The summed E-state index contributed by atoms with van der Waals surface area (Å²) in [5.74, 6) is 1.62. The molecule has 1 aromatic carbocycles. The molecule has 0 bridgehead atoms. The van der Waals surface area contributed by atoms with Crippen molar-refractivity contribution in [3.05, 3.63) is 29.8 Å². The van der Waals surface area contributed by atoms with Gasteiger partial charge in [-0.15, -0.1) is 6.42 Å². The van der Waals surface area contributed by atoms with E-state index in [4.69, 9.17) is 11.5 Å². The summed E-state index contributed by atoms with van der Waals surface area (Å²) < 4.78 is 0. The van der Waals surface area contributed by atoms with Gasteiger partial charge in [0.25, 0.3) is 0 Å². The first-order valence-corrected chi connectivity index (χ1v) is 6.31. The first-order valence-electron chi connectivity index (χ1n) is 6.31. The van der Waals surface area contributed by atoms with E-state index in [9.17, 15) is 9.59 Å². The number of hydrogen-bond acceptors (Lipinski definition) is 2. The molecule has 0 aliphatic carbocycles. The molecule has 1 unspecified atom stereocenters. The maximum Gasteiger partial charge on any atom is 0.321 e. The van der Waals surface area contributed by atoms with Crippen molar-refractivity contribution in [2.45, 2.75) is 13.3 Å². The minimum atomic E-state index is -0.873. The number of likely N-dealkylation sites (tertiary alicyclic amines) is 1. The molecule has 0 aromatic heterocycles. The van der Waals surface area contributed by atoms with Crippen LogP contribution in [0.2, 0.25) is 0 Å². The number of amides is 2. The molecule has 0 spiro atoms. The summed E-state index contributed by atoms with van der Waals surface area (Å²) in [7, 11) is 0. The highest BCUT2D eigenvalue weighted by Crippen LogP contribution is 2.30. The van der Waals surface area contributed by atoms with Gasteiger partial charge >= 0.3 is 12.0 Å². The van der Waals surface area contributed by atoms with Gasteiger partial charge in [-0.1, -0.05) is 12.0 Å². The smallest absolute Gasteiger partial charge is 0.321 e. The van der Waals surface area contributed by atoms with Crippen LogP contribution in [0, 0.1) is 17.8 Å². The van der Waals surface area contributed by atoms with Crippen LogP contribution in [0.5, 0.6) is 0 Å². The normalized spacial score (nSPS) is 21.3. The highest BCUT2D eigenvalue weighted by molar-refractivity contribution is 5.90. The Kier molecular flexibility index (Phi) is 3.66. The summed E-state index contributed by atoms with van der Waals surface area (Å²) in [6, 6.07) is 6.67. The molecule has 20 heavy (non-hydrogen) atoms. The van der Waals surface area contributed by atoms with E-state index in [2.05, 4.69) is 11.2 Å². The summed E-state index contributed by atoms with van der Waals surface area (Å²) in [6.07, 6.45) is 5.76. The Morgan fingerprint density at radius 1 is 1.50 bits per heavy atom. The number of carbonyl (C=O) groups is 2. The summed E-state index contributed by atoms with van der Waals surface area (Å²) >= 11 is 0. The number of rotatable bonds is 2. The van der Waals surface area contributed by atoms with Gasteiger partial charge in [0.1, 0.15) is 0 Å². The molecule has 1 heterocycles. The van der Waals surface area contributed by atoms with Gasteiger partial charge in [0.05, 0.1) is 5.41 Å². The zero-order valence-electron chi connectivity index (χ0n) is 11.2. The fourth-order valence-corrected chi connectivity index (χ4v) is 2.20. The third kappa shape index (κ3) is 2.75. The fraction of sp³-hybridized carbons (Fsp3) is 0.333. The number of terminal acetylenes is 1. The van der Waals surface area contributed by atoms with Crippen molar-refractivity contribution < 1.29 is 14.7 Å². The number of nitrogens with zero attached hydrogens (tertiary/aromatic N) is 1. The Morgan fingerprint density at radius 2 is 2.25 bits per heavy atom. The van der Waals surface area contributed by atoms with Gasteiger partial charge in [-0.05, 0) is 31.5 Å². The highest BCUT2D eigenvalue weighted by Gasteiger charge is 2.42. The summed E-state index contributed by atoms with van der Waals surface area (Å²) in [4.78, 5) is 24.8. The zero-order chi connectivity index (χ0) is 14.8. The molecule has 1 saturated heterocycles. The van der Waals surface area contributed by atoms with E-state index in [1.165, 1.54) is 4.90 Å². The second-order valence-electron chi connectivity index (χ2n) is 5.19. The third-order valence-electron chi connectivity index (χ3n) is 3.56. The molecule has 2 amide bonds. The monoisotopic (exact) mass is 272 g/mol. The lowest BCUT2D eigenvalue weighted by Crippen LogP contribution is -2.37. The molecule has 104 valence electrons. The molecule has 1 fully saturated rings. The number of benzene rings is 1. The first-order chi connectivity index (χ1) is 9.44. The fourth-order valence-electron chi connectivity index (χ4n) is 2.20. The van der Waals surface area contributed by atoms with Gasteiger partial charge in [0.15, 0.2) is 0 Å². The average Bonchev–Trinajstić information content (AvgIpc) is 2.83. The van der Waals surface area contributed by atoms with Crippen LogP contribution in [0.1, 0.15) is 18.9 Å². The number of carboxylic acid groups (broad SMARTS) is 1. The molecule has 5 nitrogen and oxygen atoms in total. The minimum Gasteiger partial charge on any atom is -0.481 e. The third-order valence-corrected chi connectivity index (χ3v) is 3.56. The predicted octanol–water partition coefficient (Wildman–Crippen LogP) is 2.00. The molecule has 1 atom stereocenters. The van der Waals surface area contributed by atoms with Crippen LogP contribution in [0.15, 0.2) is 24.3 Å². The SMILES string of the molecule is C#Cc1cccc(NC(=O)N2CCC(C)(C(=O)O)C2)c1. The van der Waals surface area contributed by atoms with Crippen molar-refractivity contribution in [3.63, 3.8) is 0 Å². The van der Waals surface area contributed by atoms with E-state index in [1.807, 2.05) is 0 Å². The molecule has 1 aromatic rings. The van der Waals surface area contributed by atoms with E-state index < -0.39 is 11.4 Å². The van der Waals surface area contributed by atoms with E-state index in [-0.39, 0.29) is 12.6 Å². The molecule has 2 N–H and O–H groups in total. The molecule has 1 aliphatic heterocycles. The Morgan fingerprint density at radius 3 is 2.85 bits per heavy atom. The van der Waals surface area contributed by atoms with Gasteiger partial charge in [-0.2, -0.15) is 0 Å². The number of carbonyl (C=O) groups excluding carboxylic acids is 1. The lowest BCUT2D eigenvalue weighted by molar-refractivity contribution is -0.146. The Balaban J connectivity index is 2.03. The van der Waals surface area contributed by atoms with Gasteiger partial charge in [0.2, 0.25) is 0 Å². The predicted molar refractivity (Wildman–Crippen MR) is 75.3 cm³/mol. The summed E-state index contributed by atoms with van der Waals surface area (Å²) in [6.45, 7) is 2.30. The molecule has 2 rings (SSSR count). The average molecular weight is 272 g/mol. The molecular weight excluding hydrogens is 256 g/mol. The summed E-state index contributed by atoms with van der Waals surface area (Å²) in [5.41, 5.74) is 0.423. The lowest BCUT2D eigenvalue weighted by Gasteiger charge is -2.20. The van der Waals surface area contributed by atoms with Crippen molar-refractivity contribution in [3.8, 4) is 12.3 Å². The van der Waals surface area contributed by atoms with Crippen molar-refractivity contribution in [1.82, 2.24) is 4.90 Å². The highest BCUT2D eigenvalue weighted by atomic mass is 16.4. The molecule has 0 saturated carbocycles. The maximum absolute atomic E-state index is 12.1. The van der Waals surface area contributed by atoms with Crippen molar-refractivity contribution in [2.75, 3.05) is 18.4 Å². The van der Waals surface area contributed by atoms with Crippen molar-refractivity contribution >= 4 is 17.7 Å². The van der Waals surface area contributed by atoms with Gasteiger partial charge in [0, 0.05) is 24.3 Å². The minimum absolute atomic E-state index is 0.211. The number of hydrogen-bond donors (Lipinski definition) is 2. The Hall–Kier alpha value is -2.48. The van der Waals surface area contributed by atoms with Crippen molar-refractivity contribution in [2.24, 2.45) is 5.41 Å². The van der Waals surface area contributed by atoms with Crippen LogP contribution in [-0.4, -0.2) is 35.1 Å². The molecule has 5 heteroatoms. The first kappa shape index (κ1) is 13.9. The number of carboxylic acids is 1. The molecular formula is C15H16N2O3. The quantitative estimate of drug-likeness (QED) is 0.809. The van der Waals surface area contributed by atoms with E-state index in [0.29, 0.717) is 24.2 Å². The second-order valence-corrected chi connectivity index (χ2v) is 5.19. The van der Waals surface area contributed by atoms with E-state index in [1.54, 1.807) is 31.2 Å². The Labute approximate surface area is 117 Å². The van der Waals surface area contributed by atoms with Crippen LogP contribution in [0.4, 0.5) is 10.5 Å². The molecule has 1 aliphatic rings. The summed E-state index contributed by atoms with van der Waals surface area (Å²) in [5, 5.41) is 11.9. The van der Waals surface area contributed by atoms with Crippen molar-refractivity contribution in [1.29, 1.82) is 0 Å². The number of nitrogens with one attached hydrogen (secondary N) is 1. The van der Waals surface area contributed by atoms with Gasteiger partial charge in [-0.25, -0.2) is 4.79 Å². The number of aliphatic carboxylic acids is 1. The topological polar surface area (TPSA) is 69.6 Å². The van der Waals surface area contributed by atoms with E-state index >= 15 is 0 Å².